The summed E-state index contributed by atoms with van der Waals surface area (Å²) in [6, 6.07) is 18.6. The number of nitriles is 1. The van der Waals surface area contributed by atoms with Crippen molar-refractivity contribution in [3.05, 3.63) is 95.3 Å². The zero-order valence-electron chi connectivity index (χ0n) is 17.8. The molecule has 4 aromatic rings. The van der Waals surface area contributed by atoms with Crippen LogP contribution in [-0.4, -0.2) is 26.9 Å². The first kappa shape index (κ1) is 23.0. The lowest BCUT2D eigenvalue weighted by Gasteiger charge is -2.12. The molecule has 1 atom stereocenters. The average Bonchev–Trinajstić information content (AvgIpc) is 3.28. The van der Waals surface area contributed by atoms with E-state index in [9.17, 15) is 23.1 Å². The van der Waals surface area contributed by atoms with Crippen molar-refractivity contribution >= 4 is 11.6 Å². The molecule has 2 heterocycles. The molecular formula is C25H19F3N4O2. The highest BCUT2D eigenvalue weighted by Gasteiger charge is 2.31. The Balaban J connectivity index is 1.68. The molecule has 0 saturated carbocycles. The van der Waals surface area contributed by atoms with Crippen LogP contribution >= 0.6 is 0 Å². The summed E-state index contributed by atoms with van der Waals surface area (Å²) in [4.78, 5) is 16.8. The topological polar surface area (TPSA) is 90.4 Å². The number of aliphatic hydroxyl groups excluding tert-OH is 1. The number of rotatable bonds is 6. The number of benzene rings is 2. The zero-order valence-corrected chi connectivity index (χ0v) is 17.8. The van der Waals surface area contributed by atoms with E-state index in [1.807, 2.05) is 18.2 Å². The molecule has 0 aliphatic rings. The van der Waals surface area contributed by atoms with Crippen LogP contribution in [-0.2, 0) is 6.18 Å². The minimum Gasteiger partial charge on any atom is -0.382 e. The molecule has 0 aliphatic heterocycles. The van der Waals surface area contributed by atoms with E-state index in [0.717, 1.165) is 12.1 Å². The Bertz CT molecular complexity index is 1390. The number of imidazole rings is 1. The normalized spacial score (nSPS) is 12.3. The molecule has 172 valence electrons. The molecule has 1 amide bonds. The second kappa shape index (κ2) is 9.37. The first-order chi connectivity index (χ1) is 16.3. The van der Waals surface area contributed by atoms with E-state index in [4.69, 9.17) is 5.26 Å². The fraction of sp³-hybridized carbons (Fsp3) is 0.160. The van der Waals surface area contributed by atoms with Crippen molar-refractivity contribution in [2.24, 2.45) is 0 Å². The molecule has 1 unspecified atom stereocenters. The van der Waals surface area contributed by atoms with Crippen molar-refractivity contribution < 1.29 is 23.1 Å². The van der Waals surface area contributed by atoms with Crippen LogP contribution in [0.2, 0.25) is 0 Å². The fourth-order valence-corrected chi connectivity index (χ4v) is 3.61. The maximum absolute atomic E-state index is 13.1. The Hall–Kier alpha value is -4.16. The van der Waals surface area contributed by atoms with Gasteiger partial charge in [0.2, 0.25) is 0 Å². The number of alkyl halides is 3. The number of carbonyl (C=O) groups is 1. The molecule has 2 aromatic heterocycles. The maximum Gasteiger partial charge on any atom is 0.416 e. The summed E-state index contributed by atoms with van der Waals surface area (Å²) in [5.74, 6) is -0.310. The van der Waals surface area contributed by atoms with Crippen LogP contribution in [0.25, 0.3) is 16.9 Å². The average molecular weight is 464 g/mol. The molecule has 0 radical (unpaired) electrons. The first-order valence-corrected chi connectivity index (χ1v) is 10.4. The molecule has 0 spiro atoms. The summed E-state index contributed by atoms with van der Waals surface area (Å²) in [6.45, 7) is 0.244. The Morgan fingerprint density at radius 3 is 2.65 bits per heavy atom. The highest BCUT2D eigenvalue weighted by Crippen LogP contribution is 2.32. The molecule has 2 aromatic carbocycles. The Morgan fingerprint density at radius 2 is 1.88 bits per heavy atom. The van der Waals surface area contributed by atoms with Gasteiger partial charge in [-0.2, -0.15) is 18.4 Å². The number of pyridine rings is 1. The van der Waals surface area contributed by atoms with Gasteiger partial charge in [0, 0.05) is 18.3 Å². The van der Waals surface area contributed by atoms with Gasteiger partial charge >= 0.3 is 6.18 Å². The molecule has 6 nitrogen and oxygen atoms in total. The van der Waals surface area contributed by atoms with E-state index in [1.54, 1.807) is 40.9 Å². The molecule has 0 saturated heterocycles. The van der Waals surface area contributed by atoms with Gasteiger partial charge in [-0.25, -0.2) is 4.98 Å². The zero-order chi connectivity index (χ0) is 24.3. The van der Waals surface area contributed by atoms with E-state index in [0.29, 0.717) is 22.5 Å². The molecule has 0 fully saturated rings. The van der Waals surface area contributed by atoms with Crippen LogP contribution in [0.5, 0.6) is 0 Å². The molecule has 2 N–H and O–H groups in total. The van der Waals surface area contributed by atoms with Gasteiger partial charge in [-0.05, 0) is 47.5 Å². The Morgan fingerprint density at radius 1 is 1.12 bits per heavy atom. The van der Waals surface area contributed by atoms with Crippen LogP contribution in [0, 0.1) is 11.3 Å². The number of carbonyl (C=O) groups excluding carboxylic acids is 1. The number of amides is 1. The van der Waals surface area contributed by atoms with Gasteiger partial charge in [0.25, 0.3) is 5.91 Å². The third kappa shape index (κ3) is 4.77. The van der Waals surface area contributed by atoms with E-state index in [2.05, 4.69) is 10.3 Å². The fourth-order valence-electron chi connectivity index (χ4n) is 3.61. The molecule has 0 aliphatic carbocycles. The van der Waals surface area contributed by atoms with E-state index < -0.39 is 17.8 Å². The molecule has 4 rings (SSSR count). The number of fused-ring (bicyclic) bond motifs is 1. The van der Waals surface area contributed by atoms with Gasteiger partial charge in [-0.3, -0.25) is 9.20 Å². The number of nitrogens with zero attached hydrogens (tertiary/aromatic N) is 3. The summed E-state index contributed by atoms with van der Waals surface area (Å²) in [6.07, 6.45) is -4.10. The van der Waals surface area contributed by atoms with E-state index >= 15 is 0 Å². The van der Waals surface area contributed by atoms with E-state index in [-0.39, 0.29) is 30.1 Å². The molecular weight excluding hydrogens is 445 g/mol. The number of aliphatic hydroxyl groups is 1. The Labute approximate surface area is 192 Å². The van der Waals surface area contributed by atoms with Crippen molar-refractivity contribution in [1.29, 1.82) is 5.26 Å². The molecule has 34 heavy (non-hydrogen) atoms. The molecule has 0 bridgehead atoms. The number of nitrogens with one attached hydrogen (secondary N) is 1. The Kier molecular flexibility index (Phi) is 6.34. The summed E-state index contributed by atoms with van der Waals surface area (Å²) in [5, 5.41) is 22.0. The van der Waals surface area contributed by atoms with Crippen molar-refractivity contribution in [3.8, 4) is 17.3 Å². The minimum atomic E-state index is -4.52. The summed E-state index contributed by atoms with van der Waals surface area (Å²) in [5.41, 5.74) is 1.71. The standard InChI is InChI=1S/C25H19F3N4O2/c26-25(27,28)19-8-2-6-17(14-19)23(33)20-15-32-21(9-3-10-22(32)31-20)16-5-1-7-18(13-16)24(34)30-12-4-11-29/h1-3,5-10,13-15,23,33H,4,12H2,(H,30,34). The molecule has 9 heteroatoms. The smallest absolute Gasteiger partial charge is 0.382 e. The van der Waals surface area contributed by atoms with Gasteiger partial charge in [0.15, 0.2) is 0 Å². The van der Waals surface area contributed by atoms with Crippen LogP contribution in [0.1, 0.15) is 39.7 Å². The van der Waals surface area contributed by atoms with Crippen LogP contribution < -0.4 is 5.32 Å². The van der Waals surface area contributed by atoms with Gasteiger partial charge in [0.1, 0.15) is 11.8 Å². The highest BCUT2D eigenvalue weighted by molar-refractivity contribution is 5.95. The van der Waals surface area contributed by atoms with Crippen molar-refractivity contribution in [2.75, 3.05) is 6.54 Å². The lowest BCUT2D eigenvalue weighted by atomic mass is 10.0. The van der Waals surface area contributed by atoms with Crippen molar-refractivity contribution in [1.82, 2.24) is 14.7 Å². The monoisotopic (exact) mass is 464 g/mol. The maximum atomic E-state index is 13.1. The number of hydrogen-bond donors (Lipinski definition) is 2. The number of hydrogen-bond acceptors (Lipinski definition) is 4. The largest absolute Gasteiger partial charge is 0.416 e. The summed E-state index contributed by atoms with van der Waals surface area (Å²) in [7, 11) is 0. The predicted molar refractivity (Wildman–Crippen MR) is 119 cm³/mol. The van der Waals surface area contributed by atoms with Crippen LogP contribution in [0.4, 0.5) is 13.2 Å². The first-order valence-electron chi connectivity index (χ1n) is 10.4. The predicted octanol–water partition coefficient (Wildman–Crippen LogP) is 4.75. The third-order valence-electron chi connectivity index (χ3n) is 5.26. The highest BCUT2D eigenvalue weighted by atomic mass is 19.4. The van der Waals surface area contributed by atoms with Crippen LogP contribution in [0.3, 0.4) is 0 Å². The quantitative estimate of drug-likeness (QED) is 0.403. The second-order valence-corrected chi connectivity index (χ2v) is 7.58. The van der Waals surface area contributed by atoms with E-state index in [1.165, 1.54) is 12.1 Å². The number of halogens is 3. The lowest BCUT2D eigenvalue weighted by Crippen LogP contribution is -2.24. The van der Waals surface area contributed by atoms with Crippen molar-refractivity contribution in [3.63, 3.8) is 0 Å². The third-order valence-corrected chi connectivity index (χ3v) is 5.26. The van der Waals surface area contributed by atoms with Gasteiger partial charge in [-0.15, -0.1) is 0 Å². The van der Waals surface area contributed by atoms with Gasteiger partial charge in [-0.1, -0.05) is 30.3 Å². The lowest BCUT2D eigenvalue weighted by molar-refractivity contribution is -0.137. The number of aromatic nitrogens is 2. The van der Waals surface area contributed by atoms with Crippen LogP contribution in [0.15, 0.2) is 72.9 Å². The summed E-state index contributed by atoms with van der Waals surface area (Å²) < 4.78 is 40.9. The SMILES string of the molecule is N#CCCNC(=O)c1cccc(-c2cccc3nc(C(O)c4cccc(C(F)(F)F)c4)cn23)c1. The minimum absolute atomic E-state index is 0.0795. The van der Waals surface area contributed by atoms with Crippen molar-refractivity contribution in [2.45, 2.75) is 18.7 Å². The van der Waals surface area contributed by atoms with Gasteiger partial charge < -0.3 is 10.4 Å². The second-order valence-electron chi connectivity index (χ2n) is 7.58. The van der Waals surface area contributed by atoms with Gasteiger partial charge in [0.05, 0.1) is 29.4 Å². The summed E-state index contributed by atoms with van der Waals surface area (Å²) >= 11 is 0.